The highest BCUT2D eigenvalue weighted by atomic mass is 15.2. The van der Waals surface area contributed by atoms with E-state index in [0.29, 0.717) is 5.56 Å². The highest BCUT2D eigenvalue weighted by Gasteiger charge is 2.16. The number of aromatic nitrogens is 1. The van der Waals surface area contributed by atoms with Crippen molar-refractivity contribution in [3.63, 3.8) is 0 Å². The number of nitrogens with zero attached hydrogens (tertiary/aromatic N) is 3. The molecule has 1 aliphatic heterocycles. The van der Waals surface area contributed by atoms with Gasteiger partial charge in [-0.2, -0.15) is 5.26 Å². The van der Waals surface area contributed by atoms with Crippen molar-refractivity contribution in [2.75, 3.05) is 18.0 Å². The molecule has 1 aromatic rings. The average Bonchev–Trinajstić information content (AvgIpc) is 2.30. The summed E-state index contributed by atoms with van der Waals surface area (Å²) in [5, 5.41) is 8.81. The van der Waals surface area contributed by atoms with Crippen LogP contribution >= 0.6 is 0 Å². The van der Waals surface area contributed by atoms with Gasteiger partial charge in [-0.05, 0) is 30.9 Å². The fourth-order valence-corrected chi connectivity index (χ4v) is 1.90. The van der Waals surface area contributed by atoms with E-state index in [1.54, 1.807) is 12.3 Å². The van der Waals surface area contributed by atoms with Gasteiger partial charge >= 0.3 is 0 Å². The molecular formula is C12H15N3. The maximum Gasteiger partial charge on any atom is 0.129 e. The van der Waals surface area contributed by atoms with Crippen LogP contribution in [0.4, 0.5) is 5.82 Å². The molecule has 78 valence electrons. The van der Waals surface area contributed by atoms with Gasteiger partial charge in [-0.25, -0.2) is 4.98 Å². The minimum absolute atomic E-state index is 0.693. The Kier molecular flexibility index (Phi) is 2.86. The van der Waals surface area contributed by atoms with E-state index in [9.17, 15) is 0 Å². The summed E-state index contributed by atoms with van der Waals surface area (Å²) in [4.78, 5) is 6.58. The number of piperidine rings is 1. The van der Waals surface area contributed by atoms with Crippen molar-refractivity contribution >= 4 is 5.82 Å². The molecule has 1 fully saturated rings. The smallest absolute Gasteiger partial charge is 0.129 e. The highest BCUT2D eigenvalue weighted by molar-refractivity contribution is 5.45. The summed E-state index contributed by atoms with van der Waals surface area (Å²) in [6.45, 7) is 4.41. The number of anilines is 1. The molecule has 0 spiro atoms. The first-order chi connectivity index (χ1) is 7.29. The number of pyridine rings is 1. The SMILES string of the molecule is CC1CCN(c2cc(C#N)ccn2)CC1. The summed E-state index contributed by atoms with van der Waals surface area (Å²) in [7, 11) is 0. The van der Waals surface area contributed by atoms with Crippen molar-refractivity contribution in [3.05, 3.63) is 23.9 Å². The van der Waals surface area contributed by atoms with Gasteiger partial charge < -0.3 is 4.90 Å². The van der Waals surface area contributed by atoms with Gasteiger partial charge in [-0.1, -0.05) is 6.92 Å². The first-order valence-corrected chi connectivity index (χ1v) is 5.40. The molecule has 0 unspecified atom stereocenters. The fraction of sp³-hybridized carbons (Fsp3) is 0.500. The van der Waals surface area contributed by atoms with Gasteiger partial charge in [0.2, 0.25) is 0 Å². The maximum absolute atomic E-state index is 8.81. The van der Waals surface area contributed by atoms with Crippen LogP contribution in [0.1, 0.15) is 25.3 Å². The third kappa shape index (κ3) is 2.27. The van der Waals surface area contributed by atoms with E-state index >= 15 is 0 Å². The Bertz CT molecular complexity index is 373. The van der Waals surface area contributed by atoms with Crippen LogP contribution in [0.2, 0.25) is 0 Å². The third-order valence-corrected chi connectivity index (χ3v) is 2.98. The van der Waals surface area contributed by atoms with E-state index in [4.69, 9.17) is 5.26 Å². The Labute approximate surface area is 90.4 Å². The van der Waals surface area contributed by atoms with Gasteiger partial charge in [0, 0.05) is 19.3 Å². The zero-order chi connectivity index (χ0) is 10.7. The second-order valence-electron chi connectivity index (χ2n) is 4.18. The maximum atomic E-state index is 8.81. The first kappa shape index (κ1) is 9.97. The van der Waals surface area contributed by atoms with Gasteiger partial charge in [-0.3, -0.25) is 0 Å². The number of hydrogen-bond donors (Lipinski definition) is 0. The Hall–Kier alpha value is -1.56. The van der Waals surface area contributed by atoms with E-state index in [1.807, 2.05) is 6.07 Å². The Morgan fingerprint density at radius 2 is 2.20 bits per heavy atom. The summed E-state index contributed by atoms with van der Waals surface area (Å²) in [6, 6.07) is 5.77. The van der Waals surface area contributed by atoms with Crippen molar-refractivity contribution in [3.8, 4) is 6.07 Å². The zero-order valence-electron chi connectivity index (χ0n) is 8.98. The molecule has 0 amide bonds. The number of hydrogen-bond acceptors (Lipinski definition) is 3. The lowest BCUT2D eigenvalue weighted by molar-refractivity contribution is 0.436. The van der Waals surface area contributed by atoms with Crippen LogP contribution in [0.25, 0.3) is 0 Å². The number of rotatable bonds is 1. The summed E-state index contributed by atoms with van der Waals surface area (Å²) < 4.78 is 0. The normalized spacial score (nSPS) is 17.5. The zero-order valence-corrected chi connectivity index (χ0v) is 8.98. The molecule has 2 rings (SSSR count). The van der Waals surface area contributed by atoms with Crippen LogP contribution in [0.15, 0.2) is 18.3 Å². The second kappa shape index (κ2) is 4.31. The third-order valence-electron chi connectivity index (χ3n) is 2.98. The summed E-state index contributed by atoms with van der Waals surface area (Å²) in [5.74, 6) is 1.77. The molecule has 0 bridgehead atoms. The van der Waals surface area contributed by atoms with E-state index < -0.39 is 0 Å². The van der Waals surface area contributed by atoms with Crippen LogP contribution in [0.3, 0.4) is 0 Å². The molecule has 3 heteroatoms. The van der Waals surface area contributed by atoms with Crippen LogP contribution in [0, 0.1) is 17.2 Å². The minimum Gasteiger partial charge on any atom is -0.357 e. The van der Waals surface area contributed by atoms with Crippen molar-refractivity contribution in [1.29, 1.82) is 5.26 Å². The molecule has 2 heterocycles. The first-order valence-electron chi connectivity index (χ1n) is 5.40. The van der Waals surface area contributed by atoms with Crippen molar-refractivity contribution in [2.45, 2.75) is 19.8 Å². The molecule has 0 radical (unpaired) electrons. The summed E-state index contributed by atoms with van der Waals surface area (Å²) in [5.41, 5.74) is 0.693. The predicted molar refractivity (Wildman–Crippen MR) is 59.6 cm³/mol. The van der Waals surface area contributed by atoms with E-state index in [-0.39, 0.29) is 0 Å². The highest BCUT2D eigenvalue weighted by Crippen LogP contribution is 2.21. The molecule has 0 aliphatic carbocycles. The molecule has 1 saturated heterocycles. The molecule has 0 atom stereocenters. The van der Waals surface area contributed by atoms with Gasteiger partial charge in [-0.15, -0.1) is 0 Å². The average molecular weight is 201 g/mol. The number of nitriles is 1. The molecule has 15 heavy (non-hydrogen) atoms. The standard InChI is InChI=1S/C12H15N3/c1-10-3-6-15(7-4-10)12-8-11(9-13)2-5-14-12/h2,5,8,10H,3-4,6-7H2,1H3. The molecular weight excluding hydrogens is 186 g/mol. The Morgan fingerprint density at radius 3 is 2.87 bits per heavy atom. The minimum atomic E-state index is 0.693. The van der Waals surface area contributed by atoms with Crippen molar-refractivity contribution < 1.29 is 0 Å². The lowest BCUT2D eigenvalue weighted by atomic mass is 9.99. The van der Waals surface area contributed by atoms with E-state index in [2.05, 4.69) is 22.9 Å². The molecule has 0 saturated carbocycles. The molecule has 0 aromatic carbocycles. The molecule has 1 aliphatic rings. The van der Waals surface area contributed by atoms with Crippen LogP contribution in [-0.4, -0.2) is 18.1 Å². The largest absolute Gasteiger partial charge is 0.357 e. The van der Waals surface area contributed by atoms with Crippen molar-refractivity contribution in [1.82, 2.24) is 4.98 Å². The van der Waals surface area contributed by atoms with Gasteiger partial charge in [0.25, 0.3) is 0 Å². The van der Waals surface area contributed by atoms with Crippen molar-refractivity contribution in [2.24, 2.45) is 5.92 Å². The second-order valence-corrected chi connectivity index (χ2v) is 4.18. The van der Waals surface area contributed by atoms with E-state index in [1.165, 1.54) is 12.8 Å². The fourth-order valence-electron chi connectivity index (χ4n) is 1.90. The lowest BCUT2D eigenvalue weighted by Crippen LogP contribution is -2.33. The summed E-state index contributed by atoms with van der Waals surface area (Å²) in [6.07, 6.45) is 4.16. The van der Waals surface area contributed by atoms with Crippen LogP contribution in [-0.2, 0) is 0 Å². The van der Waals surface area contributed by atoms with Crippen LogP contribution < -0.4 is 4.90 Å². The quantitative estimate of drug-likeness (QED) is 0.699. The van der Waals surface area contributed by atoms with Gasteiger partial charge in [0.05, 0.1) is 11.6 Å². The molecule has 0 N–H and O–H groups in total. The molecule has 1 aromatic heterocycles. The van der Waals surface area contributed by atoms with E-state index in [0.717, 1.165) is 24.8 Å². The monoisotopic (exact) mass is 201 g/mol. The summed E-state index contributed by atoms with van der Waals surface area (Å²) >= 11 is 0. The van der Waals surface area contributed by atoms with Crippen LogP contribution in [0.5, 0.6) is 0 Å². The van der Waals surface area contributed by atoms with Gasteiger partial charge in [0.1, 0.15) is 5.82 Å². The Balaban J connectivity index is 2.12. The Morgan fingerprint density at radius 1 is 1.47 bits per heavy atom. The predicted octanol–water partition coefficient (Wildman–Crippen LogP) is 2.19. The lowest BCUT2D eigenvalue weighted by Gasteiger charge is -2.31. The topological polar surface area (TPSA) is 39.9 Å². The van der Waals surface area contributed by atoms with Gasteiger partial charge in [0.15, 0.2) is 0 Å². The molecule has 3 nitrogen and oxygen atoms in total.